The van der Waals surface area contributed by atoms with Crippen molar-refractivity contribution >= 4 is 33.2 Å². The molecule has 3 rings (SSSR count). The van der Waals surface area contributed by atoms with Gasteiger partial charge in [0.1, 0.15) is 0 Å². The lowest BCUT2D eigenvalue weighted by Gasteiger charge is -2.17. The second kappa shape index (κ2) is 8.62. The van der Waals surface area contributed by atoms with Crippen LogP contribution in [0.25, 0.3) is 0 Å². The number of sulfonamides is 1. The molecule has 9 heteroatoms. The van der Waals surface area contributed by atoms with E-state index in [-0.39, 0.29) is 17.1 Å². The van der Waals surface area contributed by atoms with Crippen molar-refractivity contribution in [3.05, 3.63) is 59.7 Å². The molecule has 4 N–H and O–H groups in total. The molecule has 29 heavy (non-hydrogen) atoms. The fourth-order valence-corrected chi connectivity index (χ4v) is 4.43. The minimum atomic E-state index is -3.47. The first-order valence-electron chi connectivity index (χ1n) is 9.27. The number of benzene rings is 2. The summed E-state index contributed by atoms with van der Waals surface area (Å²) in [6.07, 6.45) is 0.0746. The third-order valence-corrected chi connectivity index (χ3v) is 6.06. The van der Waals surface area contributed by atoms with Crippen LogP contribution in [0.5, 0.6) is 0 Å². The lowest BCUT2D eigenvalue weighted by Crippen LogP contribution is -2.40. The number of rotatable bonds is 6. The van der Waals surface area contributed by atoms with E-state index in [1.807, 2.05) is 12.1 Å². The molecule has 1 aliphatic rings. The second-order valence-electron chi connectivity index (χ2n) is 6.88. The zero-order valence-corrected chi connectivity index (χ0v) is 16.7. The van der Waals surface area contributed by atoms with Crippen molar-refractivity contribution in [2.75, 3.05) is 15.8 Å². The van der Waals surface area contributed by atoms with E-state index in [1.165, 1.54) is 6.07 Å². The van der Waals surface area contributed by atoms with Gasteiger partial charge in [-0.05, 0) is 35.7 Å². The van der Waals surface area contributed by atoms with E-state index >= 15 is 0 Å². The maximum atomic E-state index is 12.3. The minimum absolute atomic E-state index is 0.0167. The molecule has 2 atom stereocenters. The first-order chi connectivity index (χ1) is 13.8. The summed E-state index contributed by atoms with van der Waals surface area (Å²) in [5.74, 6) is -1.81. The average molecular weight is 417 g/mol. The summed E-state index contributed by atoms with van der Waals surface area (Å²) >= 11 is 0. The van der Waals surface area contributed by atoms with Crippen LogP contribution in [-0.2, 0) is 26.0 Å². The third-order valence-electron chi connectivity index (χ3n) is 4.56. The fourth-order valence-electron chi connectivity index (χ4n) is 3.30. The molecule has 0 saturated heterocycles. The van der Waals surface area contributed by atoms with Crippen LogP contribution >= 0.6 is 0 Å². The Morgan fingerprint density at radius 2 is 1.79 bits per heavy atom. The maximum Gasteiger partial charge on any atom is 0.313 e. The van der Waals surface area contributed by atoms with Gasteiger partial charge in [0.05, 0.1) is 23.6 Å². The number of carbonyl (C=O) groups excluding carboxylic acids is 2. The summed E-state index contributed by atoms with van der Waals surface area (Å²) in [6.45, 7) is 1.76. The molecule has 0 aromatic heterocycles. The van der Waals surface area contributed by atoms with Crippen LogP contribution in [0.4, 0.5) is 11.4 Å². The summed E-state index contributed by atoms with van der Waals surface area (Å²) in [5.41, 5.74) is 2.28. The Hall–Kier alpha value is -2.91. The highest BCUT2D eigenvalue weighted by Crippen LogP contribution is 2.31. The van der Waals surface area contributed by atoms with Gasteiger partial charge in [-0.3, -0.25) is 14.3 Å². The molecule has 8 nitrogen and oxygen atoms in total. The number of anilines is 2. The Balaban J connectivity index is 1.65. The van der Waals surface area contributed by atoms with E-state index in [0.717, 1.165) is 11.1 Å². The van der Waals surface area contributed by atoms with Gasteiger partial charge in [0.15, 0.2) is 0 Å². The van der Waals surface area contributed by atoms with E-state index in [2.05, 4.69) is 15.4 Å². The van der Waals surface area contributed by atoms with Gasteiger partial charge in [-0.15, -0.1) is 0 Å². The highest BCUT2D eigenvalue weighted by molar-refractivity contribution is 7.92. The molecule has 0 bridgehead atoms. The number of fused-ring (bicyclic) bond motifs is 1. The molecule has 2 aromatic carbocycles. The number of aliphatic hydroxyl groups excluding tert-OH is 1. The normalized spacial score (nSPS) is 18.0. The summed E-state index contributed by atoms with van der Waals surface area (Å²) < 4.78 is 26.2. The number of amides is 2. The molecule has 0 heterocycles. The number of nitrogens with one attached hydrogen (secondary N) is 3. The van der Waals surface area contributed by atoms with Crippen molar-refractivity contribution in [3.63, 3.8) is 0 Å². The van der Waals surface area contributed by atoms with Gasteiger partial charge in [-0.1, -0.05) is 37.3 Å². The number of aliphatic hydroxyl groups is 1. The molecule has 0 unspecified atom stereocenters. The molecule has 2 aromatic rings. The molecule has 0 saturated carbocycles. The molecular weight excluding hydrogens is 394 g/mol. The van der Waals surface area contributed by atoms with Gasteiger partial charge in [-0.25, -0.2) is 8.42 Å². The van der Waals surface area contributed by atoms with Crippen molar-refractivity contribution in [1.82, 2.24) is 5.32 Å². The quantitative estimate of drug-likeness (QED) is 0.531. The zero-order valence-electron chi connectivity index (χ0n) is 15.9. The lowest BCUT2D eigenvalue weighted by atomic mass is 10.1. The maximum absolute atomic E-state index is 12.3. The summed E-state index contributed by atoms with van der Waals surface area (Å²) in [6, 6.07) is 12.8. The van der Waals surface area contributed by atoms with Gasteiger partial charge < -0.3 is 15.7 Å². The Bertz CT molecular complexity index is 1020. The fraction of sp³-hybridized carbons (Fsp3) is 0.300. The van der Waals surface area contributed by atoms with Crippen molar-refractivity contribution in [3.8, 4) is 0 Å². The standard InChI is InChI=1S/C20H23N3O5S/c1-2-10-29(27,28)23-15-8-5-7-14(12-15)21-19(25)20(26)22-18-16-9-4-3-6-13(16)11-17(18)24/h3-9,12,17-18,23-24H,2,10-11H2,1H3,(H,21,25)(H,22,26)/t17-,18+/m0/s1. The number of hydrogen-bond acceptors (Lipinski definition) is 5. The highest BCUT2D eigenvalue weighted by Gasteiger charge is 2.33. The summed E-state index contributed by atoms with van der Waals surface area (Å²) in [4.78, 5) is 24.6. The predicted octanol–water partition coefficient (Wildman–Crippen LogP) is 1.55. The van der Waals surface area contributed by atoms with Crippen LogP contribution in [0.3, 0.4) is 0 Å². The van der Waals surface area contributed by atoms with E-state index in [1.54, 1.807) is 37.3 Å². The molecule has 1 aliphatic carbocycles. The van der Waals surface area contributed by atoms with Crippen molar-refractivity contribution in [2.24, 2.45) is 0 Å². The highest BCUT2D eigenvalue weighted by atomic mass is 32.2. The van der Waals surface area contributed by atoms with Crippen LogP contribution in [-0.4, -0.2) is 37.2 Å². The molecule has 0 radical (unpaired) electrons. The first-order valence-corrected chi connectivity index (χ1v) is 10.9. The monoisotopic (exact) mass is 417 g/mol. The van der Waals surface area contributed by atoms with Crippen molar-refractivity contribution in [2.45, 2.75) is 31.9 Å². The third kappa shape index (κ3) is 5.12. The van der Waals surface area contributed by atoms with Gasteiger partial charge >= 0.3 is 11.8 Å². The molecule has 0 fully saturated rings. The van der Waals surface area contributed by atoms with Gasteiger partial charge in [0.25, 0.3) is 0 Å². The smallest absolute Gasteiger partial charge is 0.313 e. The summed E-state index contributed by atoms with van der Waals surface area (Å²) in [5, 5.41) is 15.2. The zero-order chi connectivity index (χ0) is 21.0. The Morgan fingerprint density at radius 1 is 1.07 bits per heavy atom. The molecule has 0 aliphatic heterocycles. The Labute approximate surface area is 169 Å². The van der Waals surface area contributed by atoms with Gasteiger partial charge in [0.2, 0.25) is 10.0 Å². The average Bonchev–Trinajstić information content (AvgIpc) is 2.97. The van der Waals surface area contributed by atoms with Crippen LogP contribution < -0.4 is 15.4 Å². The molecular formula is C20H23N3O5S. The molecule has 154 valence electrons. The van der Waals surface area contributed by atoms with E-state index in [4.69, 9.17) is 0 Å². The first kappa shape index (κ1) is 20.8. The topological polar surface area (TPSA) is 125 Å². The van der Waals surface area contributed by atoms with Gasteiger partial charge in [-0.2, -0.15) is 0 Å². The minimum Gasteiger partial charge on any atom is -0.390 e. The van der Waals surface area contributed by atoms with Crippen molar-refractivity contribution in [1.29, 1.82) is 0 Å². The largest absolute Gasteiger partial charge is 0.390 e. The van der Waals surface area contributed by atoms with Crippen LogP contribution in [0.1, 0.15) is 30.5 Å². The number of carbonyl (C=O) groups is 2. The lowest BCUT2D eigenvalue weighted by molar-refractivity contribution is -0.137. The molecule has 2 amide bonds. The Kier molecular flexibility index (Phi) is 6.19. The van der Waals surface area contributed by atoms with E-state index in [9.17, 15) is 23.1 Å². The Morgan fingerprint density at radius 3 is 2.55 bits per heavy atom. The van der Waals surface area contributed by atoms with Crippen LogP contribution in [0, 0.1) is 0 Å². The van der Waals surface area contributed by atoms with E-state index in [0.29, 0.717) is 12.8 Å². The summed E-state index contributed by atoms with van der Waals surface area (Å²) in [7, 11) is -3.47. The molecule has 0 spiro atoms. The van der Waals surface area contributed by atoms with Gasteiger partial charge in [0, 0.05) is 12.1 Å². The van der Waals surface area contributed by atoms with E-state index < -0.39 is 34.0 Å². The van der Waals surface area contributed by atoms with Crippen LogP contribution in [0.15, 0.2) is 48.5 Å². The van der Waals surface area contributed by atoms with Crippen molar-refractivity contribution < 1.29 is 23.1 Å². The predicted molar refractivity (Wildman–Crippen MR) is 110 cm³/mol. The SMILES string of the molecule is CCCS(=O)(=O)Nc1cccc(NC(=O)C(=O)N[C@@H]2c3ccccc3C[C@@H]2O)c1. The number of hydrogen-bond donors (Lipinski definition) is 4. The second-order valence-corrected chi connectivity index (χ2v) is 8.72. The van der Waals surface area contributed by atoms with Crippen LogP contribution in [0.2, 0.25) is 0 Å².